The van der Waals surface area contributed by atoms with Crippen molar-refractivity contribution in [2.45, 2.75) is 0 Å². The topological polar surface area (TPSA) is 34.1 Å². The molecule has 0 spiro atoms. The predicted octanol–water partition coefficient (Wildman–Crippen LogP) is 3.96. The molecule has 0 unspecified atom stereocenters. The SMILES string of the molecule is C=C(C(=O)c1ccccc1)C(=O)c1ccc(Cl)cc1. The molecule has 0 aliphatic rings. The van der Waals surface area contributed by atoms with Crippen LogP contribution in [0.15, 0.2) is 66.7 Å². The fraction of sp³-hybridized carbons (Fsp3) is 0. The smallest absolute Gasteiger partial charge is 0.196 e. The molecule has 0 N–H and O–H groups in total. The zero-order valence-corrected chi connectivity index (χ0v) is 10.9. The third kappa shape index (κ3) is 2.98. The van der Waals surface area contributed by atoms with Gasteiger partial charge in [0.1, 0.15) is 0 Å². The summed E-state index contributed by atoms with van der Waals surface area (Å²) in [6.07, 6.45) is 0. The lowest BCUT2D eigenvalue weighted by Gasteiger charge is -2.04. The number of halogens is 1. The molecule has 2 aromatic carbocycles. The Kier molecular flexibility index (Phi) is 3.93. The van der Waals surface area contributed by atoms with Gasteiger partial charge in [-0.05, 0) is 24.3 Å². The lowest BCUT2D eigenvalue weighted by Crippen LogP contribution is -2.12. The van der Waals surface area contributed by atoms with Gasteiger partial charge in [-0.25, -0.2) is 0 Å². The lowest BCUT2D eigenvalue weighted by atomic mass is 9.97. The second-order valence-corrected chi connectivity index (χ2v) is 4.45. The zero-order chi connectivity index (χ0) is 13.8. The summed E-state index contributed by atoms with van der Waals surface area (Å²) in [6.45, 7) is 3.60. The molecular weight excluding hydrogens is 260 g/mol. The van der Waals surface area contributed by atoms with Gasteiger partial charge in [-0.2, -0.15) is 0 Å². The van der Waals surface area contributed by atoms with Crippen molar-refractivity contribution < 1.29 is 9.59 Å². The minimum atomic E-state index is -0.384. The van der Waals surface area contributed by atoms with Crippen molar-refractivity contribution in [1.82, 2.24) is 0 Å². The van der Waals surface area contributed by atoms with Gasteiger partial charge in [0.05, 0.1) is 5.57 Å². The Bertz CT molecular complexity index is 628. The van der Waals surface area contributed by atoms with Crippen LogP contribution in [-0.2, 0) is 0 Å². The van der Waals surface area contributed by atoms with Crippen LogP contribution in [0.25, 0.3) is 0 Å². The monoisotopic (exact) mass is 270 g/mol. The number of allylic oxidation sites excluding steroid dienone is 1. The van der Waals surface area contributed by atoms with Gasteiger partial charge < -0.3 is 0 Å². The van der Waals surface area contributed by atoms with Gasteiger partial charge in [-0.1, -0.05) is 48.5 Å². The molecule has 0 bridgehead atoms. The molecule has 2 aromatic rings. The Morgan fingerprint density at radius 2 is 1.26 bits per heavy atom. The Morgan fingerprint density at radius 1 is 0.789 bits per heavy atom. The average molecular weight is 271 g/mol. The minimum Gasteiger partial charge on any atom is -0.288 e. The first-order valence-corrected chi connectivity index (χ1v) is 6.06. The van der Waals surface area contributed by atoms with E-state index in [1.807, 2.05) is 0 Å². The van der Waals surface area contributed by atoms with Crippen molar-refractivity contribution in [2.24, 2.45) is 0 Å². The van der Waals surface area contributed by atoms with Crippen LogP contribution in [-0.4, -0.2) is 11.6 Å². The van der Waals surface area contributed by atoms with Crippen LogP contribution < -0.4 is 0 Å². The first-order chi connectivity index (χ1) is 9.09. The number of hydrogen-bond acceptors (Lipinski definition) is 2. The quantitative estimate of drug-likeness (QED) is 0.365. The van der Waals surface area contributed by atoms with Crippen LogP contribution in [0.2, 0.25) is 5.02 Å². The molecule has 2 nitrogen and oxygen atoms in total. The highest BCUT2D eigenvalue weighted by Gasteiger charge is 2.18. The first kappa shape index (κ1) is 13.2. The second-order valence-electron chi connectivity index (χ2n) is 4.01. The van der Waals surface area contributed by atoms with Gasteiger partial charge in [-0.3, -0.25) is 9.59 Å². The summed E-state index contributed by atoms with van der Waals surface area (Å²) < 4.78 is 0. The van der Waals surface area contributed by atoms with E-state index in [0.717, 1.165) is 0 Å². The number of hydrogen-bond donors (Lipinski definition) is 0. The molecule has 0 aliphatic heterocycles. The zero-order valence-electron chi connectivity index (χ0n) is 10.1. The highest BCUT2D eigenvalue weighted by Crippen LogP contribution is 2.15. The molecule has 94 valence electrons. The summed E-state index contributed by atoms with van der Waals surface area (Å²) in [4.78, 5) is 24.2. The standard InChI is InChI=1S/C16H11ClO2/c1-11(15(18)12-5-3-2-4-6-12)16(19)13-7-9-14(17)10-8-13/h2-10H,1H2. The van der Waals surface area contributed by atoms with E-state index >= 15 is 0 Å². The highest BCUT2D eigenvalue weighted by atomic mass is 35.5. The first-order valence-electron chi connectivity index (χ1n) is 5.68. The number of benzene rings is 2. The molecule has 3 heteroatoms. The molecule has 0 aromatic heterocycles. The van der Waals surface area contributed by atoms with E-state index in [-0.39, 0.29) is 17.1 Å². The molecule has 19 heavy (non-hydrogen) atoms. The van der Waals surface area contributed by atoms with E-state index < -0.39 is 0 Å². The van der Waals surface area contributed by atoms with Gasteiger partial charge in [0, 0.05) is 16.1 Å². The lowest BCUT2D eigenvalue weighted by molar-refractivity contribution is 0.0963. The maximum atomic E-state index is 12.1. The van der Waals surface area contributed by atoms with Crippen LogP contribution in [0.3, 0.4) is 0 Å². The van der Waals surface area contributed by atoms with E-state index in [9.17, 15) is 9.59 Å². The van der Waals surface area contributed by atoms with E-state index in [4.69, 9.17) is 11.6 Å². The van der Waals surface area contributed by atoms with E-state index in [2.05, 4.69) is 6.58 Å². The van der Waals surface area contributed by atoms with E-state index in [0.29, 0.717) is 16.1 Å². The van der Waals surface area contributed by atoms with E-state index in [1.165, 1.54) is 0 Å². The molecule has 0 saturated heterocycles. The highest BCUT2D eigenvalue weighted by molar-refractivity contribution is 6.32. The van der Waals surface area contributed by atoms with Crippen molar-refractivity contribution in [3.05, 3.63) is 82.9 Å². The average Bonchev–Trinajstić information content (AvgIpc) is 2.46. The molecule has 0 radical (unpaired) electrons. The number of ketones is 2. The number of carbonyl (C=O) groups is 2. The van der Waals surface area contributed by atoms with Gasteiger partial charge in [0.15, 0.2) is 11.6 Å². The maximum absolute atomic E-state index is 12.1. The summed E-state index contributed by atoms with van der Waals surface area (Å²) in [5.74, 6) is -0.744. The van der Waals surface area contributed by atoms with Crippen LogP contribution >= 0.6 is 11.6 Å². The van der Waals surface area contributed by atoms with Crippen LogP contribution in [0.1, 0.15) is 20.7 Å². The fourth-order valence-corrected chi connectivity index (χ4v) is 1.77. The molecule has 0 heterocycles. The van der Waals surface area contributed by atoms with Crippen molar-refractivity contribution in [2.75, 3.05) is 0 Å². The van der Waals surface area contributed by atoms with Crippen molar-refractivity contribution >= 4 is 23.2 Å². The Labute approximate surface area is 116 Å². The molecular formula is C16H11ClO2. The van der Waals surface area contributed by atoms with Crippen LogP contribution in [0, 0.1) is 0 Å². The van der Waals surface area contributed by atoms with Crippen molar-refractivity contribution in [1.29, 1.82) is 0 Å². The maximum Gasteiger partial charge on any atom is 0.196 e. The molecule has 0 amide bonds. The minimum absolute atomic E-state index is 0.0477. The molecule has 0 atom stereocenters. The van der Waals surface area contributed by atoms with Crippen molar-refractivity contribution in [3.63, 3.8) is 0 Å². The van der Waals surface area contributed by atoms with Crippen LogP contribution in [0.4, 0.5) is 0 Å². The normalized spacial score (nSPS) is 9.95. The Morgan fingerprint density at radius 3 is 1.79 bits per heavy atom. The van der Waals surface area contributed by atoms with Gasteiger partial charge >= 0.3 is 0 Å². The molecule has 2 rings (SSSR count). The number of carbonyl (C=O) groups excluding carboxylic acids is 2. The summed E-state index contributed by atoms with van der Waals surface area (Å²) in [5, 5.41) is 0.538. The van der Waals surface area contributed by atoms with Gasteiger partial charge in [0.2, 0.25) is 0 Å². The largest absolute Gasteiger partial charge is 0.288 e. The summed E-state index contributed by atoms with van der Waals surface area (Å²) >= 11 is 5.75. The summed E-state index contributed by atoms with van der Waals surface area (Å²) in [5.41, 5.74) is 0.807. The van der Waals surface area contributed by atoms with Gasteiger partial charge in [-0.15, -0.1) is 0 Å². The van der Waals surface area contributed by atoms with Crippen LogP contribution in [0.5, 0.6) is 0 Å². The molecule has 0 aliphatic carbocycles. The molecule has 0 fully saturated rings. The number of Topliss-reactive ketones (excluding diaryl/α,β-unsaturated/α-hetero) is 2. The summed E-state index contributed by atoms with van der Waals surface area (Å²) in [6, 6.07) is 15.0. The van der Waals surface area contributed by atoms with E-state index in [1.54, 1.807) is 54.6 Å². The number of rotatable bonds is 4. The third-order valence-corrected chi connectivity index (χ3v) is 2.94. The predicted molar refractivity (Wildman–Crippen MR) is 75.7 cm³/mol. The fourth-order valence-electron chi connectivity index (χ4n) is 1.64. The second kappa shape index (κ2) is 5.63. The van der Waals surface area contributed by atoms with Gasteiger partial charge in [0.25, 0.3) is 0 Å². The summed E-state index contributed by atoms with van der Waals surface area (Å²) in [7, 11) is 0. The molecule has 0 saturated carbocycles. The van der Waals surface area contributed by atoms with Crippen molar-refractivity contribution in [3.8, 4) is 0 Å². The third-order valence-electron chi connectivity index (χ3n) is 2.69. The Balaban J connectivity index is 2.23. The Hall–Kier alpha value is -2.19.